The minimum atomic E-state index is -0.941. The number of benzene rings is 1. The summed E-state index contributed by atoms with van der Waals surface area (Å²) >= 11 is 5.28. The fourth-order valence-electron chi connectivity index (χ4n) is 5.12. The van der Waals surface area contributed by atoms with Crippen LogP contribution in [0.3, 0.4) is 0 Å². The fourth-order valence-corrected chi connectivity index (χ4v) is 5.20. The van der Waals surface area contributed by atoms with Gasteiger partial charge in [0.1, 0.15) is 12.6 Å². The van der Waals surface area contributed by atoms with E-state index in [0.717, 1.165) is 24.8 Å². The van der Waals surface area contributed by atoms with E-state index in [0.29, 0.717) is 6.42 Å². The largest absolute Gasteiger partial charge is 0.465 e. The first-order chi connectivity index (χ1) is 22.7. The number of esters is 2. The lowest BCUT2D eigenvalue weighted by Crippen LogP contribution is -2.46. The third-order valence-corrected chi connectivity index (χ3v) is 8.18. The van der Waals surface area contributed by atoms with Crippen molar-refractivity contribution >= 4 is 35.1 Å². The van der Waals surface area contributed by atoms with Gasteiger partial charge in [-0.05, 0) is 24.3 Å². The highest BCUT2D eigenvalue weighted by Gasteiger charge is 2.27. The number of hydrogen-bond acceptors (Lipinski definition) is 8. The zero-order chi connectivity index (χ0) is 34.5. The van der Waals surface area contributed by atoms with Gasteiger partial charge in [0.15, 0.2) is 0 Å². The van der Waals surface area contributed by atoms with E-state index in [4.69, 9.17) is 30.5 Å². The number of carbonyl (C=O) groups excluding carboxylic acids is 4. The molecule has 1 rings (SSSR count). The van der Waals surface area contributed by atoms with Crippen molar-refractivity contribution in [2.75, 3.05) is 19.8 Å². The van der Waals surface area contributed by atoms with Crippen LogP contribution in [-0.2, 0) is 35.1 Å². The Hall–Kier alpha value is -2.81. The molecule has 0 aliphatic heterocycles. The van der Waals surface area contributed by atoms with Crippen LogP contribution < -0.4 is 5.32 Å². The minimum Gasteiger partial charge on any atom is -0.465 e. The second-order valence-electron chi connectivity index (χ2n) is 12.7. The van der Waals surface area contributed by atoms with Crippen LogP contribution in [-0.4, -0.2) is 49.3 Å². The van der Waals surface area contributed by atoms with Crippen molar-refractivity contribution in [3.05, 3.63) is 35.9 Å². The molecule has 1 aromatic rings. The monoisotopic (exact) mass is 681 g/mol. The van der Waals surface area contributed by atoms with Crippen LogP contribution in [0, 0.1) is 11.8 Å². The Kier molecular flexibility index (Phi) is 25.3. The summed E-state index contributed by atoms with van der Waals surface area (Å²) in [4.78, 5) is 48.6. The lowest BCUT2D eigenvalue weighted by atomic mass is 10.0. The van der Waals surface area contributed by atoms with Crippen molar-refractivity contribution in [1.29, 1.82) is 0 Å². The smallest absolute Gasteiger partial charge is 0.408 e. The molecule has 1 unspecified atom stereocenters. The normalized spacial score (nSPS) is 12.3. The SMILES string of the molecule is CCCCCCCCCCCCCCCCCC(=O)OCC(CCOC(=O)Cl)COC(=O)[C@@H](NC(=O)OCc1ccccc1)C(C)C. The van der Waals surface area contributed by atoms with Crippen molar-refractivity contribution in [3.63, 3.8) is 0 Å². The fraction of sp³-hybridized carbons (Fsp3) is 0.730. The van der Waals surface area contributed by atoms with Crippen molar-refractivity contribution in [1.82, 2.24) is 5.32 Å². The van der Waals surface area contributed by atoms with Gasteiger partial charge in [0.25, 0.3) is 0 Å². The molecule has 10 heteroatoms. The summed E-state index contributed by atoms with van der Waals surface area (Å²) < 4.78 is 21.0. The van der Waals surface area contributed by atoms with E-state index >= 15 is 0 Å². The molecular weight excluding hydrogens is 622 g/mol. The Bertz CT molecular complexity index is 974. The van der Waals surface area contributed by atoms with E-state index in [1.807, 2.05) is 30.3 Å². The molecule has 268 valence electrons. The third-order valence-electron chi connectivity index (χ3n) is 8.07. The molecule has 0 radical (unpaired) electrons. The van der Waals surface area contributed by atoms with Crippen molar-refractivity contribution in [3.8, 4) is 0 Å². The molecule has 47 heavy (non-hydrogen) atoms. The summed E-state index contributed by atoms with van der Waals surface area (Å²) in [5.74, 6) is -1.64. The standard InChI is InChI=1S/C37H60ClNO8/c1-4-5-6-7-8-9-10-11-12-13-14-15-16-17-21-24-33(40)45-28-32(25-26-44-36(38)42)29-46-35(41)34(30(2)3)39-37(43)47-27-31-22-19-18-20-23-31/h18-20,22-23,30,32,34H,4-17,21,24-29H2,1-3H3,(H,39,43)/t32?,34-/m0/s1. The van der Waals surface area contributed by atoms with E-state index in [1.54, 1.807) is 13.8 Å². The number of nitrogens with one attached hydrogen (secondary N) is 1. The minimum absolute atomic E-state index is 0.00355. The Balaban J connectivity index is 2.30. The van der Waals surface area contributed by atoms with Crippen molar-refractivity contribution < 1.29 is 38.1 Å². The van der Waals surface area contributed by atoms with Crippen LogP contribution in [0.5, 0.6) is 0 Å². The van der Waals surface area contributed by atoms with Gasteiger partial charge in [-0.1, -0.05) is 141 Å². The maximum absolute atomic E-state index is 12.9. The van der Waals surface area contributed by atoms with Crippen LogP contribution in [0.1, 0.15) is 135 Å². The molecule has 0 aliphatic rings. The molecule has 1 N–H and O–H groups in total. The third kappa shape index (κ3) is 24.1. The second-order valence-corrected chi connectivity index (χ2v) is 13.0. The van der Waals surface area contributed by atoms with Gasteiger partial charge in [-0.25, -0.2) is 14.4 Å². The number of halogens is 1. The number of amides is 1. The van der Waals surface area contributed by atoms with Crippen LogP contribution in [0.2, 0.25) is 0 Å². The highest BCUT2D eigenvalue weighted by molar-refractivity contribution is 6.61. The van der Waals surface area contributed by atoms with Crippen molar-refractivity contribution in [2.45, 2.75) is 143 Å². The quantitative estimate of drug-likeness (QED) is 0.0402. The Morgan fingerprint density at radius 2 is 1.23 bits per heavy atom. The molecule has 0 bridgehead atoms. The number of carbonyl (C=O) groups is 4. The summed E-state index contributed by atoms with van der Waals surface area (Å²) in [7, 11) is 0. The molecule has 0 aromatic heterocycles. The van der Waals surface area contributed by atoms with E-state index < -0.39 is 29.5 Å². The topological polar surface area (TPSA) is 117 Å². The number of rotatable bonds is 28. The molecule has 0 saturated heterocycles. The molecule has 2 atom stereocenters. The first kappa shape index (κ1) is 42.2. The van der Waals surface area contributed by atoms with Gasteiger partial charge in [0.2, 0.25) is 0 Å². The zero-order valence-corrected chi connectivity index (χ0v) is 29.9. The van der Waals surface area contributed by atoms with E-state index in [9.17, 15) is 19.2 Å². The van der Waals surface area contributed by atoms with Crippen LogP contribution in [0.15, 0.2) is 30.3 Å². The summed E-state index contributed by atoms with van der Waals surface area (Å²) in [6, 6.07) is 8.27. The molecule has 0 fully saturated rings. The van der Waals surface area contributed by atoms with Gasteiger partial charge in [-0.2, -0.15) is 0 Å². The van der Waals surface area contributed by atoms with Crippen LogP contribution in [0.25, 0.3) is 0 Å². The van der Waals surface area contributed by atoms with E-state index in [1.165, 1.54) is 77.0 Å². The predicted octanol–water partition coefficient (Wildman–Crippen LogP) is 9.67. The molecule has 1 aromatic carbocycles. The summed E-state index contributed by atoms with van der Waals surface area (Å²) in [6.45, 7) is 5.78. The number of ether oxygens (including phenoxy) is 4. The number of alkyl carbamates (subject to hydrolysis) is 1. The molecular formula is C37H60ClNO8. The van der Waals surface area contributed by atoms with Crippen LogP contribution >= 0.6 is 11.6 Å². The molecule has 0 aliphatic carbocycles. The molecule has 9 nitrogen and oxygen atoms in total. The van der Waals surface area contributed by atoms with Gasteiger partial charge in [0.05, 0.1) is 19.8 Å². The Morgan fingerprint density at radius 3 is 1.77 bits per heavy atom. The summed E-state index contributed by atoms with van der Waals surface area (Å²) in [6.07, 6.45) is 18.7. The first-order valence-electron chi connectivity index (χ1n) is 17.8. The zero-order valence-electron chi connectivity index (χ0n) is 29.1. The van der Waals surface area contributed by atoms with Gasteiger partial charge < -0.3 is 24.3 Å². The Morgan fingerprint density at radius 1 is 0.702 bits per heavy atom. The Labute approximate surface area is 288 Å². The van der Waals surface area contributed by atoms with Gasteiger partial charge in [-0.15, -0.1) is 0 Å². The average molecular weight is 682 g/mol. The lowest BCUT2D eigenvalue weighted by molar-refractivity contribution is -0.151. The van der Waals surface area contributed by atoms with Crippen LogP contribution in [0.4, 0.5) is 9.59 Å². The van der Waals surface area contributed by atoms with E-state index in [2.05, 4.69) is 12.2 Å². The van der Waals surface area contributed by atoms with Gasteiger partial charge in [0, 0.05) is 23.9 Å². The maximum Gasteiger partial charge on any atom is 0.408 e. The van der Waals surface area contributed by atoms with Gasteiger partial charge in [-0.3, -0.25) is 4.79 Å². The molecule has 0 heterocycles. The van der Waals surface area contributed by atoms with Crippen molar-refractivity contribution in [2.24, 2.45) is 11.8 Å². The molecule has 0 spiro atoms. The first-order valence-corrected chi connectivity index (χ1v) is 18.2. The highest BCUT2D eigenvalue weighted by Crippen LogP contribution is 2.15. The molecule has 1 amide bonds. The summed E-state index contributed by atoms with van der Waals surface area (Å²) in [5, 5.41) is 2.57. The summed E-state index contributed by atoms with van der Waals surface area (Å²) in [5.41, 5.74) is -0.120. The van der Waals surface area contributed by atoms with Gasteiger partial charge >= 0.3 is 23.5 Å². The number of hydrogen-bond donors (Lipinski definition) is 1. The molecule has 0 saturated carbocycles. The maximum atomic E-state index is 12.9. The highest BCUT2D eigenvalue weighted by atomic mass is 35.5. The number of unbranched alkanes of at least 4 members (excludes halogenated alkanes) is 14. The lowest BCUT2D eigenvalue weighted by Gasteiger charge is -2.22. The van der Waals surface area contributed by atoms with E-state index in [-0.39, 0.29) is 44.7 Å². The average Bonchev–Trinajstić information content (AvgIpc) is 3.05. The predicted molar refractivity (Wildman–Crippen MR) is 185 cm³/mol. The second kappa shape index (κ2) is 28.2.